The zero-order valence-corrected chi connectivity index (χ0v) is 20.7. The zero-order valence-electron chi connectivity index (χ0n) is 20.7. The summed E-state index contributed by atoms with van der Waals surface area (Å²) in [7, 11) is 0. The normalized spacial score (nSPS) is 14.4. The largest absolute Gasteiger partial charge is 0.464 e. The highest BCUT2D eigenvalue weighted by atomic mass is 16.5. The molecule has 0 aromatic carbocycles. The fourth-order valence-corrected chi connectivity index (χ4v) is 3.65. The van der Waals surface area contributed by atoms with Crippen LogP contribution in [-0.2, 0) is 19.1 Å². The van der Waals surface area contributed by atoms with Crippen molar-refractivity contribution >= 4 is 29.8 Å². The highest BCUT2D eigenvalue weighted by Crippen LogP contribution is 2.10. The third-order valence-electron chi connectivity index (χ3n) is 5.66. The van der Waals surface area contributed by atoms with Crippen molar-refractivity contribution < 1.29 is 19.1 Å². The summed E-state index contributed by atoms with van der Waals surface area (Å²) in [5, 5.41) is 5.36. The molecule has 2 atom stereocenters. The predicted molar refractivity (Wildman–Crippen MR) is 135 cm³/mol. The van der Waals surface area contributed by atoms with Crippen molar-refractivity contribution in [1.82, 2.24) is 10.6 Å². The molecule has 0 spiro atoms. The molecule has 34 heavy (non-hydrogen) atoms. The van der Waals surface area contributed by atoms with E-state index in [-0.39, 0.29) is 13.0 Å². The van der Waals surface area contributed by atoms with Gasteiger partial charge in [-0.15, -0.1) is 0 Å². The molecule has 1 aliphatic heterocycles. The number of hydrogen-bond acceptors (Lipinski definition) is 8. The molecule has 0 saturated carbocycles. The predicted octanol–water partition coefficient (Wildman–Crippen LogP) is 1.60. The molecule has 1 heterocycles. The van der Waals surface area contributed by atoms with Gasteiger partial charge >= 0.3 is 5.97 Å². The smallest absolute Gasteiger partial charge is 0.328 e. The van der Waals surface area contributed by atoms with Crippen molar-refractivity contribution in [2.75, 3.05) is 26.2 Å². The molecule has 0 aromatic heterocycles. The second-order valence-corrected chi connectivity index (χ2v) is 8.67. The molecular weight excluding hydrogens is 436 g/mol. The summed E-state index contributed by atoms with van der Waals surface area (Å²) in [5.41, 5.74) is 11.6. The molecule has 0 radical (unpaired) electrons. The van der Waals surface area contributed by atoms with Gasteiger partial charge in [0.2, 0.25) is 11.8 Å². The van der Waals surface area contributed by atoms with Crippen LogP contribution in [0.2, 0.25) is 0 Å². The van der Waals surface area contributed by atoms with Crippen LogP contribution in [0.15, 0.2) is 9.98 Å². The lowest BCUT2D eigenvalue weighted by Crippen LogP contribution is -2.53. The Morgan fingerprint density at radius 3 is 2.29 bits per heavy atom. The number of amides is 2. The van der Waals surface area contributed by atoms with Gasteiger partial charge in [0, 0.05) is 12.1 Å². The maximum atomic E-state index is 13.0. The summed E-state index contributed by atoms with van der Waals surface area (Å²) >= 11 is 0. The Bertz CT molecular complexity index is 668. The summed E-state index contributed by atoms with van der Waals surface area (Å²) in [5.74, 6) is -1.39. The maximum absolute atomic E-state index is 13.0. The summed E-state index contributed by atoms with van der Waals surface area (Å²) in [4.78, 5) is 45.6. The fourth-order valence-electron chi connectivity index (χ4n) is 3.65. The second-order valence-electron chi connectivity index (χ2n) is 8.67. The number of carbonyl (C=O) groups is 3. The molecule has 0 saturated heterocycles. The molecule has 0 aliphatic carbocycles. The Hall–Kier alpha value is -2.33. The standard InChI is InChI=1S/C24H44N6O4/c1-2-3-4-5-6-7-8-11-14-34-24(33)20(12-9-10-13-25)30-23(32)21(29-22(31)16-26)15-19-17-27-18-28-19/h18,20-21H,2-17,25-26H2,1H3,(H,29,31)(H,30,32)/t20-,21-/m0/s1. The van der Waals surface area contributed by atoms with Crippen molar-refractivity contribution in [3.05, 3.63) is 0 Å². The van der Waals surface area contributed by atoms with E-state index in [2.05, 4.69) is 27.5 Å². The number of nitrogens with zero attached hydrogens (tertiary/aromatic N) is 2. The van der Waals surface area contributed by atoms with Crippen molar-refractivity contribution in [1.29, 1.82) is 0 Å². The molecule has 10 heteroatoms. The quantitative estimate of drug-likeness (QED) is 0.153. The van der Waals surface area contributed by atoms with E-state index in [1.807, 2.05) is 0 Å². The van der Waals surface area contributed by atoms with E-state index in [4.69, 9.17) is 16.2 Å². The fraction of sp³-hybridized carbons (Fsp3) is 0.792. The van der Waals surface area contributed by atoms with Crippen molar-refractivity contribution in [3.63, 3.8) is 0 Å². The van der Waals surface area contributed by atoms with Gasteiger partial charge in [-0.25, -0.2) is 9.79 Å². The van der Waals surface area contributed by atoms with Gasteiger partial charge in [-0.05, 0) is 32.2 Å². The number of unbranched alkanes of at least 4 members (excludes halogenated alkanes) is 8. The van der Waals surface area contributed by atoms with Crippen molar-refractivity contribution in [3.8, 4) is 0 Å². The van der Waals surface area contributed by atoms with Crippen LogP contribution in [0.4, 0.5) is 0 Å². The molecule has 1 aliphatic rings. The molecular formula is C24H44N6O4. The number of carbonyl (C=O) groups excluding carboxylic acids is 3. The number of nitrogens with one attached hydrogen (secondary N) is 2. The van der Waals surface area contributed by atoms with E-state index in [0.717, 1.165) is 25.7 Å². The SMILES string of the molecule is CCCCCCCCCCOC(=O)[C@H](CCCCN)NC(=O)[C@H](CC1=NC=NC1)NC(=O)CN. The third kappa shape index (κ3) is 13.4. The van der Waals surface area contributed by atoms with E-state index in [1.165, 1.54) is 38.4 Å². The molecule has 194 valence electrons. The van der Waals surface area contributed by atoms with E-state index in [9.17, 15) is 14.4 Å². The summed E-state index contributed by atoms with van der Waals surface area (Å²) < 4.78 is 5.46. The minimum atomic E-state index is -0.894. The lowest BCUT2D eigenvalue weighted by Gasteiger charge is -2.22. The number of ether oxygens (including phenoxy) is 1. The Kier molecular flexibility index (Phi) is 16.6. The Labute approximate surface area is 203 Å². The van der Waals surface area contributed by atoms with Gasteiger partial charge in [0.25, 0.3) is 0 Å². The zero-order chi connectivity index (χ0) is 25.0. The van der Waals surface area contributed by atoms with Crippen molar-refractivity contribution in [2.45, 2.75) is 96.1 Å². The highest BCUT2D eigenvalue weighted by molar-refractivity contribution is 6.01. The lowest BCUT2D eigenvalue weighted by atomic mass is 10.1. The Morgan fingerprint density at radius 1 is 0.971 bits per heavy atom. The average Bonchev–Trinajstić information content (AvgIpc) is 3.35. The molecule has 2 amide bonds. The van der Waals surface area contributed by atoms with Crippen LogP contribution < -0.4 is 22.1 Å². The highest BCUT2D eigenvalue weighted by Gasteiger charge is 2.28. The van der Waals surface area contributed by atoms with Gasteiger partial charge in [0.15, 0.2) is 0 Å². The van der Waals surface area contributed by atoms with Gasteiger partial charge in [-0.1, -0.05) is 51.9 Å². The van der Waals surface area contributed by atoms with Crippen LogP contribution in [0.3, 0.4) is 0 Å². The van der Waals surface area contributed by atoms with E-state index >= 15 is 0 Å². The van der Waals surface area contributed by atoms with Crippen LogP contribution in [0.1, 0.15) is 84.0 Å². The van der Waals surface area contributed by atoms with Gasteiger partial charge in [0.1, 0.15) is 18.4 Å². The first-order chi connectivity index (χ1) is 16.5. The van der Waals surface area contributed by atoms with E-state index < -0.39 is 29.9 Å². The third-order valence-corrected chi connectivity index (χ3v) is 5.66. The lowest BCUT2D eigenvalue weighted by molar-refractivity contribution is -0.148. The van der Waals surface area contributed by atoms with Crippen LogP contribution in [0, 0.1) is 0 Å². The van der Waals surface area contributed by atoms with Crippen LogP contribution in [0.5, 0.6) is 0 Å². The van der Waals surface area contributed by atoms with Gasteiger partial charge in [0.05, 0.1) is 19.7 Å². The average molecular weight is 481 g/mol. The Balaban J connectivity index is 2.55. The maximum Gasteiger partial charge on any atom is 0.328 e. The van der Waals surface area contributed by atoms with Crippen LogP contribution in [0.25, 0.3) is 0 Å². The van der Waals surface area contributed by atoms with Gasteiger partial charge in [-0.3, -0.25) is 14.6 Å². The number of hydrogen-bond donors (Lipinski definition) is 4. The molecule has 0 bridgehead atoms. The Morgan fingerprint density at radius 2 is 1.68 bits per heavy atom. The van der Waals surface area contributed by atoms with Crippen LogP contribution in [-0.4, -0.2) is 68.2 Å². The minimum Gasteiger partial charge on any atom is -0.464 e. The van der Waals surface area contributed by atoms with Gasteiger partial charge in [-0.2, -0.15) is 0 Å². The second kappa shape index (κ2) is 19.0. The number of aliphatic imine (C=N–C) groups is 2. The molecule has 0 aromatic rings. The molecule has 0 fully saturated rings. The summed E-state index contributed by atoms with van der Waals surface area (Å²) in [6.07, 6.45) is 12.7. The molecule has 6 N–H and O–H groups in total. The van der Waals surface area contributed by atoms with Gasteiger partial charge < -0.3 is 26.8 Å². The minimum absolute atomic E-state index is 0.195. The van der Waals surface area contributed by atoms with Crippen LogP contribution >= 0.6 is 0 Å². The first-order valence-corrected chi connectivity index (χ1v) is 12.7. The van der Waals surface area contributed by atoms with Crippen molar-refractivity contribution in [2.24, 2.45) is 21.5 Å². The molecule has 10 nitrogen and oxygen atoms in total. The number of esters is 1. The van der Waals surface area contributed by atoms with E-state index in [0.29, 0.717) is 38.2 Å². The summed E-state index contributed by atoms with van der Waals surface area (Å²) in [6.45, 7) is 3.17. The molecule has 1 rings (SSSR count). The summed E-state index contributed by atoms with van der Waals surface area (Å²) in [6, 6.07) is -1.69. The molecule has 0 unspecified atom stereocenters. The monoisotopic (exact) mass is 480 g/mol. The number of nitrogens with two attached hydrogens (primary N) is 2. The topological polar surface area (TPSA) is 161 Å². The van der Waals surface area contributed by atoms with E-state index in [1.54, 1.807) is 0 Å². The first kappa shape index (κ1) is 29.7. The first-order valence-electron chi connectivity index (χ1n) is 12.7. The number of rotatable bonds is 20.